The number of aliphatic hydroxyl groups is 3. The number of hydrogen-bond donors (Lipinski definition) is 6. The molecule has 0 radical (unpaired) electrons. The van der Waals surface area contributed by atoms with Gasteiger partial charge in [0.15, 0.2) is 23.2 Å². The minimum Gasteiger partial charge on any atom is -0.507 e. The molecule has 6 rings (SSSR count). The van der Waals surface area contributed by atoms with Crippen LogP contribution in [0.25, 0.3) is 0 Å². The summed E-state index contributed by atoms with van der Waals surface area (Å²) in [6, 6.07) is 0.840. The molecule has 282 valence electrons. The zero-order valence-electron chi connectivity index (χ0n) is 29.7. The summed E-state index contributed by atoms with van der Waals surface area (Å²) in [6.45, 7) is 3.05. The van der Waals surface area contributed by atoms with Crippen molar-refractivity contribution in [3.63, 3.8) is 0 Å². The Labute approximate surface area is 301 Å². The summed E-state index contributed by atoms with van der Waals surface area (Å²) in [5.41, 5.74) is -10.4. The third-order valence-corrected chi connectivity index (χ3v) is 10.7. The minimum atomic E-state index is -3.30. The van der Waals surface area contributed by atoms with Gasteiger partial charge in [-0.2, -0.15) is 0 Å². The molecule has 17 nitrogen and oxygen atoms in total. The van der Waals surface area contributed by atoms with Gasteiger partial charge in [-0.15, -0.1) is 0 Å². The first-order valence-corrected chi connectivity index (χ1v) is 16.3. The van der Waals surface area contributed by atoms with Crippen molar-refractivity contribution in [2.24, 2.45) is 4.99 Å². The predicted octanol–water partition coefficient (Wildman–Crippen LogP) is -0.201. The van der Waals surface area contributed by atoms with Gasteiger partial charge in [0.1, 0.15) is 35.4 Å². The van der Waals surface area contributed by atoms with E-state index < -0.39 is 128 Å². The zero-order valence-corrected chi connectivity index (χ0v) is 29.7. The van der Waals surface area contributed by atoms with Gasteiger partial charge in [0.25, 0.3) is 0 Å². The Balaban J connectivity index is 1.56. The molecule has 2 aromatic carbocycles. The Morgan fingerprint density at radius 3 is 2.25 bits per heavy atom. The number of ketones is 4. The molecule has 0 spiro atoms. The summed E-state index contributed by atoms with van der Waals surface area (Å²) in [5.74, 6) is -7.84. The number of nitrogens with zero attached hydrogens (tertiary/aromatic N) is 1. The third kappa shape index (κ3) is 4.89. The van der Waals surface area contributed by atoms with Crippen LogP contribution in [0.4, 0.5) is 0 Å². The number of nitrogens with one attached hydrogen (secondary N) is 1. The van der Waals surface area contributed by atoms with E-state index in [1.165, 1.54) is 34.4 Å². The highest BCUT2D eigenvalue weighted by atomic mass is 16.6. The predicted molar refractivity (Wildman–Crippen MR) is 180 cm³/mol. The van der Waals surface area contributed by atoms with Gasteiger partial charge in [-0.1, -0.05) is 0 Å². The number of methoxy groups -OCH3 is 4. The molecule has 1 fully saturated rings. The fraction of sp³-hybridized carbons (Fsp3) is 0.444. The van der Waals surface area contributed by atoms with Crippen molar-refractivity contribution in [2.45, 2.75) is 68.2 Å². The summed E-state index contributed by atoms with van der Waals surface area (Å²) in [5, 5.41) is 61.2. The fourth-order valence-corrected chi connectivity index (χ4v) is 8.24. The van der Waals surface area contributed by atoms with Gasteiger partial charge < -0.3 is 54.5 Å². The van der Waals surface area contributed by atoms with Gasteiger partial charge in [0.2, 0.25) is 17.3 Å². The monoisotopic (exact) mass is 738 g/mol. The van der Waals surface area contributed by atoms with Gasteiger partial charge in [-0.25, -0.2) is 4.79 Å². The maximum Gasteiger partial charge on any atom is 0.341 e. The van der Waals surface area contributed by atoms with Gasteiger partial charge in [0, 0.05) is 63.8 Å². The van der Waals surface area contributed by atoms with Crippen molar-refractivity contribution in [1.29, 1.82) is 0 Å². The number of phenolic OH excluding ortho intramolecular Hbond substituents is 2. The Hall–Kier alpha value is -4.88. The minimum absolute atomic E-state index is 0.0549. The van der Waals surface area contributed by atoms with E-state index in [0.717, 1.165) is 26.4 Å². The Morgan fingerprint density at radius 2 is 1.66 bits per heavy atom. The molecule has 1 unspecified atom stereocenters. The average molecular weight is 739 g/mol. The summed E-state index contributed by atoms with van der Waals surface area (Å²) < 4.78 is 27.0. The van der Waals surface area contributed by atoms with E-state index >= 15 is 0 Å². The Kier molecular flexibility index (Phi) is 9.43. The van der Waals surface area contributed by atoms with Crippen LogP contribution in [0, 0.1) is 6.92 Å². The number of carbonyl (C=O) groups is 5. The molecule has 2 aromatic rings. The topological polar surface area (TPSA) is 257 Å². The fourth-order valence-electron chi connectivity index (χ4n) is 8.24. The van der Waals surface area contributed by atoms with Crippen LogP contribution in [0.1, 0.15) is 81.0 Å². The van der Waals surface area contributed by atoms with Crippen LogP contribution in [0.5, 0.6) is 11.5 Å². The molecule has 1 aliphatic heterocycles. The summed E-state index contributed by atoms with van der Waals surface area (Å²) in [4.78, 5) is 74.0. The first-order valence-electron chi connectivity index (χ1n) is 16.3. The molecular weight excluding hydrogens is 700 g/mol. The van der Waals surface area contributed by atoms with Crippen LogP contribution >= 0.6 is 0 Å². The number of esters is 1. The second kappa shape index (κ2) is 13.2. The molecule has 8 atom stereocenters. The first-order chi connectivity index (χ1) is 25.0. The number of ether oxygens (including phenoxy) is 5. The molecule has 0 saturated carbocycles. The lowest BCUT2D eigenvalue weighted by Gasteiger charge is -2.53. The second-order valence-electron chi connectivity index (χ2n) is 13.1. The van der Waals surface area contributed by atoms with Crippen LogP contribution < -0.4 is 5.32 Å². The van der Waals surface area contributed by atoms with Crippen LogP contribution in [0.15, 0.2) is 22.8 Å². The van der Waals surface area contributed by atoms with E-state index in [1.54, 1.807) is 6.92 Å². The standard InChI is InChI=1S/C36H38N2O15/c1-12-17(11-37-3)14-9-20(40)36(52-7)32(46)23-16(31(45)35(36,48)24(14)27(43)21(12)34(47)51-6)8-15-22(26(23)42)19(39)10-18(25(15)41)38-33-30(50-5)28(44)29(49-4)13(2)53-33/h8,10-11,13,20,28-30,33,38,40,42-44,48H,9H2,1-7H3/t13-,20+,28+,29-,30+,33?,35-,36+/m0/s1. The number of fused-ring (bicyclic) bond motifs is 5. The number of benzene rings is 2. The molecule has 6 N–H and O–H groups in total. The highest BCUT2D eigenvalue weighted by Gasteiger charge is 2.73. The SMILES string of the molecule is CN=Cc1c(C)c(C(=O)OC)c(O)c2c1C[C@@H](O)[C@@]1(OC)C(=O)c3c(cc4c(c3O)C(=O)C=C(NC3O[C@@H](C)[C@H](OC)[C@@H](O)[C@H]3OC)C4=O)C(=O)[C@@]21O. The van der Waals surface area contributed by atoms with Gasteiger partial charge in [0.05, 0.1) is 36.1 Å². The lowest BCUT2D eigenvalue weighted by Crippen LogP contribution is -2.73. The second-order valence-corrected chi connectivity index (χ2v) is 13.1. The maximum absolute atomic E-state index is 14.8. The first kappa shape index (κ1) is 37.9. The molecule has 0 aromatic heterocycles. The molecule has 0 bridgehead atoms. The third-order valence-electron chi connectivity index (χ3n) is 10.7. The summed E-state index contributed by atoms with van der Waals surface area (Å²) >= 11 is 0. The number of Topliss-reactive ketones (excluding diaryl/α,β-unsaturated/α-hetero) is 3. The number of rotatable bonds is 7. The highest BCUT2D eigenvalue weighted by Crippen LogP contribution is 2.57. The van der Waals surface area contributed by atoms with Crippen LogP contribution in [-0.2, 0) is 35.7 Å². The molecule has 3 aliphatic carbocycles. The molecule has 53 heavy (non-hydrogen) atoms. The Morgan fingerprint density at radius 1 is 1.00 bits per heavy atom. The van der Waals surface area contributed by atoms with Gasteiger partial charge in [-0.3, -0.25) is 24.2 Å². The number of allylic oxidation sites excluding steroid dienone is 2. The Bertz CT molecular complexity index is 2060. The number of aromatic hydroxyl groups is 2. The maximum atomic E-state index is 14.8. The highest BCUT2D eigenvalue weighted by molar-refractivity contribution is 6.31. The average Bonchev–Trinajstić information content (AvgIpc) is 3.11. The van der Waals surface area contributed by atoms with Gasteiger partial charge in [-0.05, 0) is 36.6 Å². The molecule has 1 heterocycles. The van der Waals surface area contributed by atoms with E-state index in [1.807, 2.05) is 0 Å². The van der Waals surface area contributed by atoms with Crippen molar-refractivity contribution < 1.29 is 73.2 Å². The van der Waals surface area contributed by atoms with E-state index in [0.29, 0.717) is 0 Å². The van der Waals surface area contributed by atoms with Gasteiger partial charge >= 0.3 is 5.97 Å². The van der Waals surface area contributed by atoms with Crippen molar-refractivity contribution in [1.82, 2.24) is 5.32 Å². The van der Waals surface area contributed by atoms with E-state index in [2.05, 4.69) is 10.3 Å². The molecule has 0 amide bonds. The number of aliphatic imine (C=N–C) groups is 1. The summed E-state index contributed by atoms with van der Waals surface area (Å²) in [7, 11) is 6.00. The molecule has 17 heteroatoms. The largest absolute Gasteiger partial charge is 0.507 e. The number of phenols is 2. The van der Waals surface area contributed by atoms with Crippen molar-refractivity contribution in [2.75, 3.05) is 35.5 Å². The molecular formula is C36H38N2O15. The van der Waals surface area contributed by atoms with Crippen LogP contribution in [-0.4, -0.2) is 139 Å². The number of aliphatic hydroxyl groups excluding tert-OH is 2. The number of carbonyl (C=O) groups excluding carboxylic acids is 5. The number of hydrogen-bond acceptors (Lipinski definition) is 17. The normalized spacial score (nSPS) is 30.7. The lowest BCUT2D eigenvalue weighted by atomic mass is 9.56. The quantitative estimate of drug-likeness (QED) is 0.159. The lowest BCUT2D eigenvalue weighted by molar-refractivity contribution is -0.236. The summed E-state index contributed by atoms with van der Waals surface area (Å²) in [6.07, 6.45) is -5.48. The van der Waals surface area contributed by atoms with Crippen molar-refractivity contribution >= 4 is 35.3 Å². The van der Waals surface area contributed by atoms with E-state index in [-0.39, 0.29) is 22.4 Å². The van der Waals surface area contributed by atoms with E-state index in [9.17, 15) is 49.5 Å². The van der Waals surface area contributed by atoms with E-state index in [4.69, 9.17) is 23.7 Å². The van der Waals surface area contributed by atoms with Crippen molar-refractivity contribution in [3.05, 3.63) is 67.9 Å². The molecule has 1 saturated heterocycles. The smallest absolute Gasteiger partial charge is 0.341 e. The zero-order chi connectivity index (χ0) is 39.1. The van der Waals surface area contributed by atoms with Crippen LogP contribution in [0.3, 0.4) is 0 Å². The van der Waals surface area contributed by atoms with Crippen molar-refractivity contribution in [3.8, 4) is 11.5 Å². The van der Waals surface area contributed by atoms with Crippen LogP contribution in [0.2, 0.25) is 0 Å². The molecule has 4 aliphatic rings.